The van der Waals surface area contributed by atoms with Gasteiger partial charge >= 0.3 is 0 Å². The first-order valence-electron chi connectivity index (χ1n) is 5.10. The van der Waals surface area contributed by atoms with E-state index in [1.54, 1.807) is 0 Å². The highest BCUT2D eigenvalue weighted by Gasteiger charge is 2.14. The normalized spacial score (nSPS) is 11.4. The van der Waals surface area contributed by atoms with Crippen LogP contribution in [-0.4, -0.2) is 57.9 Å². The summed E-state index contributed by atoms with van der Waals surface area (Å²) in [7, 11) is 0.557. The number of carbonyl (C=O) groups is 1. The van der Waals surface area contributed by atoms with E-state index in [2.05, 4.69) is 11.9 Å². The smallest absolute Gasteiger partial charge is 0.235 e. The average Bonchev–Trinajstić information content (AvgIpc) is 2.11. The van der Waals surface area contributed by atoms with Crippen molar-refractivity contribution in [1.29, 1.82) is 0 Å². The molecule has 0 aliphatic heterocycles. The maximum atomic E-state index is 11.2. The first-order valence-corrected chi connectivity index (χ1v) is 6.92. The van der Waals surface area contributed by atoms with E-state index in [1.807, 2.05) is 19.0 Å². The lowest BCUT2D eigenvalue weighted by Gasteiger charge is -2.09. The summed E-state index contributed by atoms with van der Waals surface area (Å²) >= 11 is 0. The molecule has 0 unspecified atom stereocenters. The van der Waals surface area contributed by atoms with Crippen LogP contribution < -0.4 is 5.32 Å². The van der Waals surface area contributed by atoms with Crippen LogP contribution in [0, 0.1) is 0 Å². The Morgan fingerprint density at radius 1 is 1.44 bits per heavy atom. The SMILES string of the molecule is C=CCS(=O)(=O)CC(=O)NCCCN(C)C. The highest BCUT2D eigenvalue weighted by molar-refractivity contribution is 7.92. The molecule has 0 heterocycles. The van der Waals surface area contributed by atoms with Crippen LogP contribution in [0.4, 0.5) is 0 Å². The molecule has 0 saturated heterocycles. The summed E-state index contributed by atoms with van der Waals surface area (Å²) in [6, 6.07) is 0. The van der Waals surface area contributed by atoms with Crippen LogP contribution in [0.1, 0.15) is 6.42 Å². The van der Waals surface area contributed by atoms with E-state index in [9.17, 15) is 13.2 Å². The molecular weight excluding hydrogens is 228 g/mol. The summed E-state index contributed by atoms with van der Waals surface area (Å²) in [6.07, 6.45) is 2.09. The molecular formula is C10H20N2O3S. The maximum Gasteiger partial charge on any atom is 0.235 e. The van der Waals surface area contributed by atoms with Crippen molar-refractivity contribution in [2.45, 2.75) is 6.42 Å². The first kappa shape index (κ1) is 15.1. The fourth-order valence-corrected chi connectivity index (χ4v) is 2.09. The third kappa shape index (κ3) is 8.43. The zero-order valence-electron chi connectivity index (χ0n) is 9.90. The van der Waals surface area contributed by atoms with Crippen LogP contribution in [0.15, 0.2) is 12.7 Å². The molecule has 0 aromatic heterocycles. The average molecular weight is 248 g/mol. The van der Waals surface area contributed by atoms with Crippen LogP contribution in [-0.2, 0) is 14.6 Å². The molecule has 0 spiro atoms. The Morgan fingerprint density at radius 3 is 2.56 bits per heavy atom. The van der Waals surface area contributed by atoms with Gasteiger partial charge in [0.05, 0.1) is 5.75 Å². The fourth-order valence-electron chi connectivity index (χ4n) is 1.11. The van der Waals surface area contributed by atoms with E-state index in [1.165, 1.54) is 6.08 Å². The summed E-state index contributed by atoms with van der Waals surface area (Å²) in [4.78, 5) is 13.2. The van der Waals surface area contributed by atoms with Gasteiger partial charge in [0, 0.05) is 6.54 Å². The second-order valence-electron chi connectivity index (χ2n) is 3.85. The van der Waals surface area contributed by atoms with Crippen molar-refractivity contribution in [2.75, 3.05) is 38.7 Å². The van der Waals surface area contributed by atoms with Crippen LogP contribution >= 0.6 is 0 Å². The molecule has 0 radical (unpaired) electrons. The molecule has 5 nitrogen and oxygen atoms in total. The maximum absolute atomic E-state index is 11.2. The van der Waals surface area contributed by atoms with E-state index < -0.39 is 21.5 Å². The predicted molar refractivity (Wildman–Crippen MR) is 65.0 cm³/mol. The van der Waals surface area contributed by atoms with Gasteiger partial charge in [-0.25, -0.2) is 8.42 Å². The number of amides is 1. The number of nitrogens with zero attached hydrogens (tertiary/aromatic N) is 1. The van der Waals surface area contributed by atoms with Gasteiger partial charge in [0.25, 0.3) is 0 Å². The molecule has 0 saturated carbocycles. The van der Waals surface area contributed by atoms with Crippen molar-refractivity contribution >= 4 is 15.7 Å². The molecule has 1 amide bonds. The Kier molecular flexibility index (Phi) is 7.00. The Hall–Kier alpha value is -0.880. The quantitative estimate of drug-likeness (QED) is 0.471. The third-order valence-corrected chi connectivity index (χ3v) is 3.27. The fraction of sp³-hybridized carbons (Fsp3) is 0.700. The summed E-state index contributed by atoms with van der Waals surface area (Å²) in [5.41, 5.74) is 0. The number of hydrogen-bond acceptors (Lipinski definition) is 4. The first-order chi connectivity index (χ1) is 7.37. The Labute approximate surface area is 97.4 Å². The molecule has 6 heteroatoms. The molecule has 0 rings (SSSR count). The van der Waals surface area contributed by atoms with Crippen molar-refractivity contribution in [3.8, 4) is 0 Å². The van der Waals surface area contributed by atoms with Crippen LogP contribution in [0.25, 0.3) is 0 Å². The number of nitrogens with one attached hydrogen (secondary N) is 1. The lowest BCUT2D eigenvalue weighted by Crippen LogP contribution is -2.32. The Morgan fingerprint density at radius 2 is 2.06 bits per heavy atom. The molecule has 0 fully saturated rings. The van der Waals surface area contributed by atoms with Crippen molar-refractivity contribution < 1.29 is 13.2 Å². The molecule has 0 atom stereocenters. The Bertz CT molecular complexity index is 323. The number of carbonyl (C=O) groups excluding carboxylic acids is 1. The van der Waals surface area contributed by atoms with E-state index in [0.717, 1.165) is 13.0 Å². The van der Waals surface area contributed by atoms with E-state index in [0.29, 0.717) is 6.54 Å². The molecule has 0 aliphatic carbocycles. The van der Waals surface area contributed by atoms with Crippen molar-refractivity contribution in [2.24, 2.45) is 0 Å². The number of hydrogen-bond donors (Lipinski definition) is 1. The summed E-state index contributed by atoms with van der Waals surface area (Å²) in [6.45, 7) is 4.69. The zero-order chi connectivity index (χ0) is 12.6. The highest BCUT2D eigenvalue weighted by atomic mass is 32.2. The zero-order valence-corrected chi connectivity index (χ0v) is 10.7. The van der Waals surface area contributed by atoms with E-state index in [4.69, 9.17) is 0 Å². The molecule has 0 aliphatic rings. The van der Waals surface area contributed by atoms with Gasteiger partial charge in [0.1, 0.15) is 5.75 Å². The third-order valence-electron chi connectivity index (χ3n) is 1.83. The molecule has 94 valence electrons. The molecule has 0 aromatic rings. The van der Waals surface area contributed by atoms with Crippen molar-refractivity contribution in [3.05, 3.63) is 12.7 Å². The minimum atomic E-state index is -3.32. The van der Waals surface area contributed by atoms with E-state index >= 15 is 0 Å². The molecule has 0 aromatic carbocycles. The summed E-state index contributed by atoms with van der Waals surface area (Å²) in [5.74, 6) is -1.06. The standard InChI is InChI=1S/C10H20N2O3S/c1-4-8-16(14,15)9-10(13)11-6-5-7-12(2)3/h4H,1,5-9H2,2-3H3,(H,11,13). The van der Waals surface area contributed by atoms with Gasteiger partial charge in [-0.15, -0.1) is 6.58 Å². The van der Waals surface area contributed by atoms with Gasteiger partial charge in [-0.1, -0.05) is 6.08 Å². The van der Waals surface area contributed by atoms with Gasteiger partial charge in [-0.3, -0.25) is 4.79 Å². The topological polar surface area (TPSA) is 66.5 Å². The van der Waals surface area contributed by atoms with Crippen molar-refractivity contribution in [3.63, 3.8) is 0 Å². The summed E-state index contributed by atoms with van der Waals surface area (Å²) < 4.78 is 22.5. The minimum absolute atomic E-state index is 0.155. The number of sulfone groups is 1. The van der Waals surface area contributed by atoms with E-state index in [-0.39, 0.29) is 5.75 Å². The second kappa shape index (κ2) is 7.40. The predicted octanol–water partition coefficient (Wildman–Crippen LogP) is -0.345. The van der Waals surface area contributed by atoms with Gasteiger partial charge in [0.15, 0.2) is 9.84 Å². The second-order valence-corrected chi connectivity index (χ2v) is 5.96. The van der Waals surface area contributed by atoms with Gasteiger partial charge in [-0.05, 0) is 27.1 Å². The van der Waals surface area contributed by atoms with Crippen LogP contribution in [0.2, 0.25) is 0 Å². The lowest BCUT2D eigenvalue weighted by molar-refractivity contribution is -0.118. The largest absolute Gasteiger partial charge is 0.355 e. The molecule has 16 heavy (non-hydrogen) atoms. The van der Waals surface area contributed by atoms with Gasteiger partial charge in [0.2, 0.25) is 5.91 Å². The minimum Gasteiger partial charge on any atom is -0.355 e. The highest BCUT2D eigenvalue weighted by Crippen LogP contribution is 1.90. The van der Waals surface area contributed by atoms with Crippen molar-refractivity contribution in [1.82, 2.24) is 10.2 Å². The number of rotatable bonds is 8. The molecule has 0 bridgehead atoms. The van der Waals surface area contributed by atoms with Gasteiger partial charge < -0.3 is 10.2 Å². The molecule has 1 N–H and O–H groups in total. The van der Waals surface area contributed by atoms with Gasteiger partial charge in [-0.2, -0.15) is 0 Å². The summed E-state index contributed by atoms with van der Waals surface area (Å²) in [5, 5.41) is 2.57. The Balaban J connectivity index is 3.79. The monoisotopic (exact) mass is 248 g/mol. The van der Waals surface area contributed by atoms with Crippen LogP contribution in [0.3, 0.4) is 0 Å². The van der Waals surface area contributed by atoms with Crippen LogP contribution in [0.5, 0.6) is 0 Å². The lowest BCUT2D eigenvalue weighted by atomic mass is 10.4.